The molecule has 6 nitrogen and oxygen atoms in total. The van der Waals surface area contributed by atoms with E-state index in [1.807, 2.05) is 37.3 Å². The summed E-state index contributed by atoms with van der Waals surface area (Å²) in [7, 11) is 3.17. The zero-order valence-electron chi connectivity index (χ0n) is 15.8. The van der Waals surface area contributed by atoms with Gasteiger partial charge in [-0.25, -0.2) is 0 Å². The molecule has 27 heavy (non-hydrogen) atoms. The second-order valence-corrected chi connectivity index (χ2v) is 5.92. The van der Waals surface area contributed by atoms with E-state index >= 15 is 0 Å². The van der Waals surface area contributed by atoms with Gasteiger partial charge in [-0.05, 0) is 17.7 Å². The van der Waals surface area contributed by atoms with Crippen LogP contribution in [0.15, 0.2) is 48.5 Å². The fourth-order valence-corrected chi connectivity index (χ4v) is 2.49. The number of methoxy groups -OCH3 is 2. The lowest BCUT2D eigenvalue weighted by molar-refractivity contribution is -0.120. The van der Waals surface area contributed by atoms with Crippen LogP contribution >= 0.6 is 12.4 Å². The largest absolute Gasteiger partial charge is 0.493 e. The number of amides is 1. The number of carbonyl (C=O) groups is 1. The Labute approximate surface area is 166 Å². The normalized spacial score (nSPS) is 12.4. The number of hydrogen-bond donors (Lipinski definition) is 2. The predicted octanol–water partition coefficient (Wildman–Crippen LogP) is 3.42. The molecule has 2 atom stereocenters. The summed E-state index contributed by atoms with van der Waals surface area (Å²) in [5, 5.41) is 2.89. The minimum atomic E-state index is -0.391. The molecule has 2 aromatic rings. The van der Waals surface area contributed by atoms with Crippen molar-refractivity contribution in [1.29, 1.82) is 0 Å². The molecule has 0 bridgehead atoms. The Balaban J connectivity index is 0.00000364. The van der Waals surface area contributed by atoms with E-state index in [9.17, 15) is 4.79 Å². The van der Waals surface area contributed by atoms with Crippen molar-refractivity contribution in [3.05, 3.63) is 54.1 Å². The molecule has 148 valence electrons. The first-order valence-corrected chi connectivity index (χ1v) is 8.48. The number of halogens is 1. The molecule has 7 heteroatoms. The van der Waals surface area contributed by atoms with Gasteiger partial charge in [0, 0.05) is 24.9 Å². The van der Waals surface area contributed by atoms with Crippen molar-refractivity contribution in [1.82, 2.24) is 0 Å². The number of nitrogens with one attached hydrogen (secondary N) is 1. The molecule has 0 aliphatic carbocycles. The highest BCUT2D eigenvalue weighted by Crippen LogP contribution is 2.31. The van der Waals surface area contributed by atoms with Crippen molar-refractivity contribution in [2.45, 2.75) is 13.0 Å². The first-order valence-electron chi connectivity index (χ1n) is 8.48. The van der Waals surface area contributed by atoms with Crippen LogP contribution in [-0.4, -0.2) is 33.3 Å². The lowest BCUT2D eigenvalue weighted by atomic mass is 9.94. The standard InChI is InChI=1S/C20H26N2O4.ClH/c1-14(19(21)15-7-5-4-6-8-15)20(23)22-16-9-10-17(25-3)18(13-16)26-12-11-24-2;/h4-10,13-14,19H,11-12,21H2,1-3H3,(H,22,23);1H. The first kappa shape index (κ1) is 22.8. The van der Waals surface area contributed by atoms with Crippen LogP contribution in [0.3, 0.4) is 0 Å². The van der Waals surface area contributed by atoms with Crippen molar-refractivity contribution in [2.75, 3.05) is 32.8 Å². The Hall–Kier alpha value is -2.28. The van der Waals surface area contributed by atoms with Crippen LogP contribution in [0.1, 0.15) is 18.5 Å². The summed E-state index contributed by atoms with van der Waals surface area (Å²) in [6.45, 7) is 2.66. The van der Waals surface area contributed by atoms with E-state index in [1.165, 1.54) is 0 Å². The summed E-state index contributed by atoms with van der Waals surface area (Å²) < 4.78 is 15.9. The maximum absolute atomic E-state index is 12.6. The molecule has 0 fully saturated rings. The Kier molecular flexibility index (Phi) is 9.64. The molecular formula is C20H27ClN2O4. The number of ether oxygens (including phenoxy) is 3. The SMILES string of the molecule is COCCOc1cc(NC(=O)C(C)C(N)c2ccccc2)ccc1OC.Cl. The number of nitrogens with two attached hydrogens (primary N) is 1. The molecule has 0 aromatic heterocycles. The van der Waals surface area contributed by atoms with Gasteiger partial charge in [-0.1, -0.05) is 37.3 Å². The molecule has 0 saturated heterocycles. The molecule has 0 saturated carbocycles. The maximum Gasteiger partial charge on any atom is 0.229 e. The molecule has 2 aromatic carbocycles. The van der Waals surface area contributed by atoms with Crippen LogP contribution in [0.5, 0.6) is 11.5 Å². The van der Waals surface area contributed by atoms with Crippen molar-refractivity contribution in [2.24, 2.45) is 11.7 Å². The van der Waals surface area contributed by atoms with E-state index in [4.69, 9.17) is 19.9 Å². The number of carbonyl (C=O) groups excluding carboxylic acids is 1. The highest BCUT2D eigenvalue weighted by atomic mass is 35.5. The molecule has 0 heterocycles. The lowest BCUT2D eigenvalue weighted by Crippen LogP contribution is -2.30. The monoisotopic (exact) mass is 394 g/mol. The highest BCUT2D eigenvalue weighted by molar-refractivity contribution is 5.93. The van der Waals surface area contributed by atoms with Crippen LogP contribution in [0.25, 0.3) is 0 Å². The summed E-state index contributed by atoms with van der Waals surface area (Å²) in [6.07, 6.45) is 0. The van der Waals surface area contributed by atoms with Gasteiger partial charge in [0.1, 0.15) is 6.61 Å². The molecule has 1 amide bonds. The zero-order chi connectivity index (χ0) is 18.9. The number of benzene rings is 2. The van der Waals surface area contributed by atoms with Crippen molar-refractivity contribution in [3.8, 4) is 11.5 Å². The van der Waals surface area contributed by atoms with Crippen LogP contribution in [0, 0.1) is 5.92 Å². The maximum atomic E-state index is 12.6. The molecule has 3 N–H and O–H groups in total. The smallest absolute Gasteiger partial charge is 0.229 e. The molecule has 0 radical (unpaired) electrons. The van der Waals surface area contributed by atoms with E-state index in [2.05, 4.69) is 5.32 Å². The van der Waals surface area contributed by atoms with Gasteiger partial charge in [0.15, 0.2) is 11.5 Å². The van der Waals surface area contributed by atoms with Crippen LogP contribution in [0.4, 0.5) is 5.69 Å². The predicted molar refractivity (Wildman–Crippen MR) is 109 cm³/mol. The molecule has 0 aliphatic heterocycles. The van der Waals surface area contributed by atoms with Gasteiger partial charge in [0.05, 0.1) is 19.6 Å². The fraction of sp³-hybridized carbons (Fsp3) is 0.350. The summed E-state index contributed by atoms with van der Waals surface area (Å²) in [5.74, 6) is 0.585. The summed E-state index contributed by atoms with van der Waals surface area (Å²) in [6, 6.07) is 14.4. The van der Waals surface area contributed by atoms with Crippen molar-refractivity contribution < 1.29 is 19.0 Å². The van der Waals surface area contributed by atoms with Gasteiger partial charge < -0.3 is 25.3 Å². The fourth-order valence-electron chi connectivity index (χ4n) is 2.49. The van der Waals surface area contributed by atoms with Crippen LogP contribution in [0.2, 0.25) is 0 Å². The molecule has 0 aliphatic rings. The number of anilines is 1. The van der Waals surface area contributed by atoms with Gasteiger partial charge in [-0.3, -0.25) is 4.79 Å². The van der Waals surface area contributed by atoms with Crippen LogP contribution < -0.4 is 20.5 Å². The molecule has 2 rings (SSSR count). The van der Waals surface area contributed by atoms with Crippen molar-refractivity contribution >= 4 is 24.0 Å². The average Bonchev–Trinajstić information content (AvgIpc) is 2.68. The van der Waals surface area contributed by atoms with E-state index in [1.54, 1.807) is 32.4 Å². The Bertz CT molecular complexity index is 712. The minimum Gasteiger partial charge on any atom is -0.493 e. The second-order valence-electron chi connectivity index (χ2n) is 5.92. The summed E-state index contributed by atoms with van der Waals surface area (Å²) in [5.41, 5.74) is 7.78. The average molecular weight is 395 g/mol. The molecule has 0 spiro atoms. The van der Waals surface area contributed by atoms with Gasteiger partial charge in [-0.2, -0.15) is 0 Å². The minimum absolute atomic E-state index is 0. The quantitative estimate of drug-likeness (QED) is 0.637. The molecule has 2 unspecified atom stereocenters. The Morgan fingerprint density at radius 1 is 1.07 bits per heavy atom. The van der Waals surface area contributed by atoms with E-state index in [0.717, 1.165) is 5.56 Å². The molecular weight excluding hydrogens is 368 g/mol. The number of rotatable bonds is 9. The van der Waals surface area contributed by atoms with E-state index in [0.29, 0.717) is 30.4 Å². The van der Waals surface area contributed by atoms with Gasteiger partial charge in [0.2, 0.25) is 5.91 Å². The topological polar surface area (TPSA) is 82.8 Å². The lowest BCUT2D eigenvalue weighted by Gasteiger charge is -2.20. The third-order valence-corrected chi connectivity index (χ3v) is 4.11. The van der Waals surface area contributed by atoms with E-state index < -0.39 is 5.92 Å². The van der Waals surface area contributed by atoms with Gasteiger partial charge in [0.25, 0.3) is 0 Å². The van der Waals surface area contributed by atoms with Crippen molar-refractivity contribution in [3.63, 3.8) is 0 Å². The summed E-state index contributed by atoms with van der Waals surface area (Å²) >= 11 is 0. The Morgan fingerprint density at radius 3 is 2.41 bits per heavy atom. The first-order chi connectivity index (χ1) is 12.6. The number of hydrogen-bond acceptors (Lipinski definition) is 5. The highest BCUT2D eigenvalue weighted by Gasteiger charge is 2.22. The Morgan fingerprint density at radius 2 is 1.78 bits per heavy atom. The second kappa shape index (κ2) is 11.4. The third-order valence-electron chi connectivity index (χ3n) is 4.11. The van der Waals surface area contributed by atoms with Crippen LogP contribution in [-0.2, 0) is 9.53 Å². The van der Waals surface area contributed by atoms with Gasteiger partial charge >= 0.3 is 0 Å². The zero-order valence-corrected chi connectivity index (χ0v) is 16.6. The third kappa shape index (κ3) is 6.43. The van der Waals surface area contributed by atoms with Gasteiger partial charge in [-0.15, -0.1) is 12.4 Å². The summed E-state index contributed by atoms with van der Waals surface area (Å²) in [4.78, 5) is 12.6. The van der Waals surface area contributed by atoms with E-state index in [-0.39, 0.29) is 24.4 Å².